The van der Waals surface area contributed by atoms with E-state index in [9.17, 15) is 4.79 Å². The Kier molecular flexibility index (Phi) is 3.40. The number of amides is 2. The minimum atomic E-state index is 0.0458. The molecule has 2 amide bonds. The zero-order valence-electron chi connectivity index (χ0n) is 9.35. The van der Waals surface area contributed by atoms with Crippen molar-refractivity contribution in [2.24, 2.45) is 0 Å². The Balaban J connectivity index is 1.88. The van der Waals surface area contributed by atoms with Crippen molar-refractivity contribution in [1.82, 2.24) is 20.0 Å². The average molecular weight is 224 g/mol. The number of urea groups is 1. The van der Waals surface area contributed by atoms with Crippen molar-refractivity contribution in [3.05, 3.63) is 18.0 Å². The summed E-state index contributed by atoms with van der Waals surface area (Å²) in [5.74, 6) is 0. The highest BCUT2D eigenvalue weighted by atomic mass is 16.5. The van der Waals surface area contributed by atoms with Crippen LogP contribution >= 0.6 is 0 Å². The van der Waals surface area contributed by atoms with Crippen LogP contribution in [0, 0.1) is 0 Å². The van der Waals surface area contributed by atoms with E-state index in [0.717, 1.165) is 5.56 Å². The van der Waals surface area contributed by atoms with Gasteiger partial charge < -0.3 is 14.5 Å². The van der Waals surface area contributed by atoms with Crippen molar-refractivity contribution in [2.45, 2.75) is 6.54 Å². The molecule has 1 fully saturated rings. The molecule has 1 aromatic heterocycles. The summed E-state index contributed by atoms with van der Waals surface area (Å²) in [5.41, 5.74) is 1.00. The number of morpholine rings is 1. The first kappa shape index (κ1) is 10.9. The fourth-order valence-corrected chi connectivity index (χ4v) is 1.70. The number of hydrogen-bond acceptors (Lipinski definition) is 3. The SMILES string of the molecule is CN(Cc1cn[nH]c1)C(=O)N1CCOCC1. The number of carbonyl (C=O) groups is 1. The van der Waals surface area contributed by atoms with Gasteiger partial charge in [-0.15, -0.1) is 0 Å². The smallest absolute Gasteiger partial charge is 0.320 e. The van der Waals surface area contributed by atoms with E-state index in [0.29, 0.717) is 32.8 Å². The van der Waals surface area contributed by atoms with Gasteiger partial charge in [0, 0.05) is 31.9 Å². The molecule has 0 radical (unpaired) electrons. The van der Waals surface area contributed by atoms with Gasteiger partial charge in [-0.2, -0.15) is 5.10 Å². The maximum atomic E-state index is 12.0. The number of rotatable bonds is 2. The minimum Gasteiger partial charge on any atom is -0.378 e. The quantitative estimate of drug-likeness (QED) is 0.785. The second kappa shape index (κ2) is 4.98. The van der Waals surface area contributed by atoms with Gasteiger partial charge in [-0.05, 0) is 0 Å². The van der Waals surface area contributed by atoms with E-state index in [1.807, 2.05) is 4.90 Å². The lowest BCUT2D eigenvalue weighted by molar-refractivity contribution is 0.0448. The van der Waals surface area contributed by atoms with Gasteiger partial charge in [-0.25, -0.2) is 4.79 Å². The molecular weight excluding hydrogens is 208 g/mol. The molecule has 6 heteroatoms. The molecule has 0 aromatic carbocycles. The van der Waals surface area contributed by atoms with Crippen molar-refractivity contribution in [2.75, 3.05) is 33.4 Å². The van der Waals surface area contributed by atoms with E-state index in [1.54, 1.807) is 24.3 Å². The summed E-state index contributed by atoms with van der Waals surface area (Å²) in [7, 11) is 1.80. The van der Waals surface area contributed by atoms with Crippen LogP contribution in [-0.2, 0) is 11.3 Å². The summed E-state index contributed by atoms with van der Waals surface area (Å²) < 4.78 is 5.21. The van der Waals surface area contributed by atoms with Crippen molar-refractivity contribution in [3.63, 3.8) is 0 Å². The Morgan fingerprint density at radius 1 is 1.62 bits per heavy atom. The van der Waals surface area contributed by atoms with Crippen LogP contribution in [0.4, 0.5) is 4.79 Å². The molecule has 0 aliphatic carbocycles. The number of nitrogens with one attached hydrogen (secondary N) is 1. The summed E-state index contributed by atoms with van der Waals surface area (Å²) in [5, 5.41) is 6.58. The van der Waals surface area contributed by atoms with Crippen molar-refractivity contribution >= 4 is 6.03 Å². The Labute approximate surface area is 94.2 Å². The normalized spacial score (nSPS) is 16.2. The lowest BCUT2D eigenvalue weighted by Crippen LogP contribution is -2.46. The van der Waals surface area contributed by atoms with Gasteiger partial charge in [-0.1, -0.05) is 0 Å². The van der Waals surface area contributed by atoms with Crippen LogP contribution in [0.1, 0.15) is 5.56 Å². The number of carbonyl (C=O) groups excluding carboxylic acids is 1. The molecule has 1 saturated heterocycles. The van der Waals surface area contributed by atoms with E-state index in [4.69, 9.17) is 4.74 Å². The van der Waals surface area contributed by atoms with Crippen LogP contribution in [0.15, 0.2) is 12.4 Å². The first-order chi connectivity index (χ1) is 7.77. The van der Waals surface area contributed by atoms with Gasteiger partial charge in [0.05, 0.1) is 26.0 Å². The molecule has 0 bridgehead atoms. The van der Waals surface area contributed by atoms with Crippen molar-refractivity contribution < 1.29 is 9.53 Å². The highest BCUT2D eigenvalue weighted by Crippen LogP contribution is 2.05. The molecule has 0 spiro atoms. The van der Waals surface area contributed by atoms with Crippen LogP contribution in [0.25, 0.3) is 0 Å². The second-order valence-corrected chi connectivity index (χ2v) is 3.84. The van der Waals surface area contributed by atoms with Crippen LogP contribution in [0.2, 0.25) is 0 Å². The molecule has 16 heavy (non-hydrogen) atoms. The van der Waals surface area contributed by atoms with E-state index >= 15 is 0 Å². The Hall–Kier alpha value is -1.56. The number of aromatic amines is 1. The van der Waals surface area contributed by atoms with Crippen LogP contribution < -0.4 is 0 Å². The van der Waals surface area contributed by atoms with E-state index < -0.39 is 0 Å². The summed E-state index contributed by atoms with van der Waals surface area (Å²) in [4.78, 5) is 15.5. The lowest BCUT2D eigenvalue weighted by atomic mass is 10.3. The third-order valence-electron chi connectivity index (χ3n) is 2.58. The first-order valence-electron chi connectivity index (χ1n) is 5.33. The molecular formula is C10H16N4O2. The Morgan fingerprint density at radius 2 is 2.38 bits per heavy atom. The molecule has 88 valence electrons. The fourth-order valence-electron chi connectivity index (χ4n) is 1.70. The average Bonchev–Trinajstić information content (AvgIpc) is 2.82. The predicted octanol–water partition coefficient (Wildman–Crippen LogP) is 0.294. The predicted molar refractivity (Wildman–Crippen MR) is 57.8 cm³/mol. The van der Waals surface area contributed by atoms with Crippen LogP contribution in [-0.4, -0.2) is 59.4 Å². The highest BCUT2D eigenvalue weighted by molar-refractivity contribution is 5.74. The number of aromatic nitrogens is 2. The third-order valence-corrected chi connectivity index (χ3v) is 2.58. The maximum Gasteiger partial charge on any atom is 0.320 e. The standard InChI is InChI=1S/C10H16N4O2/c1-13(8-9-6-11-12-7-9)10(15)14-2-4-16-5-3-14/h6-7H,2-5,8H2,1H3,(H,11,12). The largest absolute Gasteiger partial charge is 0.378 e. The zero-order chi connectivity index (χ0) is 11.4. The topological polar surface area (TPSA) is 61.5 Å². The van der Waals surface area contributed by atoms with Gasteiger partial charge in [0.1, 0.15) is 0 Å². The zero-order valence-corrected chi connectivity index (χ0v) is 9.35. The molecule has 0 unspecified atom stereocenters. The molecule has 0 atom stereocenters. The number of H-pyrrole nitrogens is 1. The van der Waals surface area contributed by atoms with Gasteiger partial charge in [0.25, 0.3) is 0 Å². The van der Waals surface area contributed by atoms with Gasteiger partial charge in [0.15, 0.2) is 0 Å². The minimum absolute atomic E-state index is 0.0458. The van der Waals surface area contributed by atoms with Gasteiger partial charge in [-0.3, -0.25) is 5.10 Å². The molecule has 1 aliphatic rings. The molecule has 2 heterocycles. The molecule has 1 N–H and O–H groups in total. The maximum absolute atomic E-state index is 12.0. The number of nitrogens with zero attached hydrogens (tertiary/aromatic N) is 3. The first-order valence-corrected chi connectivity index (χ1v) is 5.33. The number of ether oxygens (including phenoxy) is 1. The summed E-state index contributed by atoms with van der Waals surface area (Å²) in [6, 6.07) is 0.0458. The molecule has 6 nitrogen and oxygen atoms in total. The van der Waals surface area contributed by atoms with Crippen LogP contribution in [0.3, 0.4) is 0 Å². The van der Waals surface area contributed by atoms with E-state index in [1.165, 1.54) is 0 Å². The molecule has 1 aromatic rings. The third kappa shape index (κ3) is 2.52. The van der Waals surface area contributed by atoms with Crippen molar-refractivity contribution in [3.8, 4) is 0 Å². The lowest BCUT2D eigenvalue weighted by Gasteiger charge is -2.30. The second-order valence-electron chi connectivity index (χ2n) is 3.84. The summed E-state index contributed by atoms with van der Waals surface area (Å²) in [6.45, 7) is 3.19. The molecule has 2 rings (SSSR count). The summed E-state index contributed by atoms with van der Waals surface area (Å²) >= 11 is 0. The molecule has 1 aliphatic heterocycles. The van der Waals surface area contributed by atoms with Gasteiger partial charge in [0.2, 0.25) is 0 Å². The fraction of sp³-hybridized carbons (Fsp3) is 0.600. The Bertz CT molecular complexity index is 333. The summed E-state index contributed by atoms with van der Waals surface area (Å²) in [6.07, 6.45) is 3.52. The number of hydrogen-bond donors (Lipinski definition) is 1. The van der Waals surface area contributed by atoms with Gasteiger partial charge >= 0.3 is 6.03 Å². The van der Waals surface area contributed by atoms with E-state index in [-0.39, 0.29) is 6.03 Å². The van der Waals surface area contributed by atoms with Crippen LogP contribution in [0.5, 0.6) is 0 Å². The van der Waals surface area contributed by atoms with Crippen molar-refractivity contribution in [1.29, 1.82) is 0 Å². The molecule has 0 saturated carbocycles. The van der Waals surface area contributed by atoms with E-state index in [2.05, 4.69) is 10.2 Å². The highest BCUT2D eigenvalue weighted by Gasteiger charge is 2.20. The Morgan fingerprint density at radius 3 is 3.00 bits per heavy atom. The monoisotopic (exact) mass is 224 g/mol.